The summed E-state index contributed by atoms with van der Waals surface area (Å²) in [5.74, 6) is -0.0993. The first kappa shape index (κ1) is 14.5. The summed E-state index contributed by atoms with van der Waals surface area (Å²) in [6.07, 6.45) is -0.00142. The van der Waals surface area contributed by atoms with Crippen LogP contribution in [0.1, 0.15) is 5.56 Å². The van der Waals surface area contributed by atoms with Gasteiger partial charge in [0.05, 0.1) is 30.9 Å². The molecule has 20 heavy (non-hydrogen) atoms. The fraction of sp³-hybridized carbons (Fsp3) is 0.429. The van der Waals surface area contributed by atoms with Crippen LogP contribution in [0, 0.1) is 11.3 Å². The number of carbonyl (C=O) groups excluding carboxylic acids is 1. The number of morpholine rings is 1. The van der Waals surface area contributed by atoms with E-state index < -0.39 is 0 Å². The average molecular weight is 274 g/mol. The van der Waals surface area contributed by atoms with Crippen molar-refractivity contribution in [2.24, 2.45) is 5.73 Å². The minimum Gasteiger partial charge on any atom is -0.374 e. The number of nitriles is 1. The van der Waals surface area contributed by atoms with Crippen LogP contribution >= 0.6 is 0 Å². The summed E-state index contributed by atoms with van der Waals surface area (Å²) in [6.45, 7) is 2.75. The third kappa shape index (κ3) is 4.03. The van der Waals surface area contributed by atoms with Crippen LogP contribution in [-0.4, -0.2) is 49.7 Å². The molecule has 0 saturated carbocycles. The third-order valence-corrected chi connectivity index (χ3v) is 3.13. The van der Waals surface area contributed by atoms with Gasteiger partial charge in [0.2, 0.25) is 5.91 Å². The quantitative estimate of drug-likeness (QED) is 0.816. The maximum absolute atomic E-state index is 12.0. The lowest BCUT2D eigenvalue weighted by Crippen LogP contribution is -2.48. The molecule has 0 aromatic heterocycles. The Labute approximate surface area is 118 Å². The standard InChI is InChI=1S/C14H18N4O2/c15-7-11-2-1-3-12(6-11)17-14(19)10-18-4-5-20-13(8-16)9-18/h1-3,6,13H,4-5,8-10,16H2,(H,17,19). The predicted octanol–water partition coefficient (Wildman–Crippen LogP) is 0.156. The van der Waals surface area contributed by atoms with Crippen LogP contribution in [-0.2, 0) is 9.53 Å². The molecule has 1 fully saturated rings. The second-order valence-corrected chi connectivity index (χ2v) is 4.70. The summed E-state index contributed by atoms with van der Waals surface area (Å²) in [4.78, 5) is 14.0. The second-order valence-electron chi connectivity index (χ2n) is 4.70. The van der Waals surface area contributed by atoms with Gasteiger partial charge in [-0.2, -0.15) is 5.26 Å². The minimum absolute atomic E-state index is 0.00142. The Hall–Kier alpha value is -1.94. The van der Waals surface area contributed by atoms with E-state index in [1.807, 2.05) is 11.0 Å². The molecule has 0 aliphatic carbocycles. The number of anilines is 1. The SMILES string of the molecule is N#Cc1cccc(NC(=O)CN2CCOC(CN)C2)c1. The molecule has 1 aliphatic heterocycles. The van der Waals surface area contributed by atoms with Gasteiger partial charge in [0.1, 0.15) is 0 Å². The smallest absolute Gasteiger partial charge is 0.238 e. The molecule has 0 bridgehead atoms. The monoisotopic (exact) mass is 274 g/mol. The highest BCUT2D eigenvalue weighted by Gasteiger charge is 2.20. The van der Waals surface area contributed by atoms with Crippen molar-refractivity contribution in [1.29, 1.82) is 5.26 Å². The highest BCUT2D eigenvalue weighted by molar-refractivity contribution is 5.92. The first-order valence-electron chi connectivity index (χ1n) is 6.55. The van der Waals surface area contributed by atoms with Crippen molar-refractivity contribution in [3.8, 4) is 6.07 Å². The van der Waals surface area contributed by atoms with Gasteiger partial charge in [0, 0.05) is 25.3 Å². The highest BCUT2D eigenvalue weighted by atomic mass is 16.5. The molecule has 6 nitrogen and oxygen atoms in total. The Kier molecular flexibility index (Phi) is 5.07. The van der Waals surface area contributed by atoms with Gasteiger partial charge < -0.3 is 15.8 Å². The van der Waals surface area contributed by atoms with Crippen molar-refractivity contribution in [3.05, 3.63) is 29.8 Å². The summed E-state index contributed by atoms with van der Waals surface area (Å²) in [7, 11) is 0. The second kappa shape index (κ2) is 7.01. The number of nitrogens with two attached hydrogens (primary N) is 1. The molecule has 1 saturated heterocycles. The topological polar surface area (TPSA) is 91.4 Å². The lowest BCUT2D eigenvalue weighted by molar-refractivity contribution is -0.119. The number of ether oxygens (including phenoxy) is 1. The Morgan fingerprint density at radius 1 is 1.60 bits per heavy atom. The van der Waals surface area contributed by atoms with Crippen LogP contribution in [0.4, 0.5) is 5.69 Å². The first-order chi connectivity index (χ1) is 9.71. The molecule has 106 valence electrons. The number of carbonyl (C=O) groups is 1. The largest absolute Gasteiger partial charge is 0.374 e. The summed E-state index contributed by atoms with van der Waals surface area (Å²) >= 11 is 0. The molecule has 1 aromatic carbocycles. The van der Waals surface area contributed by atoms with Gasteiger partial charge in [-0.1, -0.05) is 6.07 Å². The van der Waals surface area contributed by atoms with E-state index in [0.29, 0.717) is 37.5 Å². The van der Waals surface area contributed by atoms with Gasteiger partial charge in [-0.25, -0.2) is 0 Å². The number of rotatable bonds is 4. The summed E-state index contributed by atoms with van der Waals surface area (Å²) in [5, 5.41) is 11.6. The van der Waals surface area contributed by atoms with Crippen molar-refractivity contribution in [3.63, 3.8) is 0 Å². The summed E-state index contributed by atoms with van der Waals surface area (Å²) in [6, 6.07) is 8.90. The van der Waals surface area contributed by atoms with E-state index in [9.17, 15) is 4.79 Å². The number of hydrogen-bond acceptors (Lipinski definition) is 5. The summed E-state index contributed by atoms with van der Waals surface area (Å²) < 4.78 is 5.45. The molecule has 1 amide bonds. The predicted molar refractivity (Wildman–Crippen MR) is 75.0 cm³/mol. The van der Waals surface area contributed by atoms with Crippen molar-refractivity contribution >= 4 is 11.6 Å². The van der Waals surface area contributed by atoms with E-state index in [2.05, 4.69) is 5.32 Å². The molecule has 1 heterocycles. The van der Waals surface area contributed by atoms with Crippen LogP contribution in [0.3, 0.4) is 0 Å². The molecule has 1 unspecified atom stereocenters. The van der Waals surface area contributed by atoms with E-state index in [1.54, 1.807) is 24.3 Å². The van der Waals surface area contributed by atoms with Crippen LogP contribution in [0.15, 0.2) is 24.3 Å². The van der Waals surface area contributed by atoms with Crippen LogP contribution < -0.4 is 11.1 Å². The van der Waals surface area contributed by atoms with Gasteiger partial charge in [0.25, 0.3) is 0 Å². The van der Waals surface area contributed by atoms with Crippen molar-refractivity contribution < 1.29 is 9.53 Å². The Morgan fingerprint density at radius 3 is 3.20 bits per heavy atom. The molecule has 2 rings (SSSR count). The van der Waals surface area contributed by atoms with Gasteiger partial charge in [-0.05, 0) is 18.2 Å². The average Bonchev–Trinajstić information content (AvgIpc) is 2.47. The van der Waals surface area contributed by atoms with E-state index in [-0.39, 0.29) is 12.0 Å². The lowest BCUT2D eigenvalue weighted by Gasteiger charge is -2.31. The van der Waals surface area contributed by atoms with Crippen molar-refractivity contribution in [1.82, 2.24) is 4.90 Å². The fourth-order valence-electron chi connectivity index (χ4n) is 2.14. The maximum Gasteiger partial charge on any atom is 0.238 e. The molecule has 0 spiro atoms. The number of nitrogens with zero attached hydrogens (tertiary/aromatic N) is 2. The molecule has 1 aromatic rings. The van der Waals surface area contributed by atoms with Gasteiger partial charge >= 0.3 is 0 Å². The third-order valence-electron chi connectivity index (χ3n) is 3.13. The Bertz CT molecular complexity index is 512. The molecule has 1 atom stereocenters. The Morgan fingerprint density at radius 2 is 2.45 bits per heavy atom. The zero-order valence-corrected chi connectivity index (χ0v) is 11.2. The van der Waals surface area contributed by atoms with Crippen LogP contribution in [0.5, 0.6) is 0 Å². The van der Waals surface area contributed by atoms with Crippen LogP contribution in [0.25, 0.3) is 0 Å². The van der Waals surface area contributed by atoms with E-state index in [4.69, 9.17) is 15.7 Å². The number of nitrogens with one attached hydrogen (secondary N) is 1. The fourth-order valence-corrected chi connectivity index (χ4v) is 2.14. The molecule has 6 heteroatoms. The number of benzene rings is 1. The molecular weight excluding hydrogens is 256 g/mol. The first-order valence-corrected chi connectivity index (χ1v) is 6.55. The zero-order valence-electron chi connectivity index (χ0n) is 11.2. The van der Waals surface area contributed by atoms with E-state index in [0.717, 1.165) is 6.54 Å². The number of hydrogen-bond donors (Lipinski definition) is 2. The van der Waals surface area contributed by atoms with Gasteiger partial charge in [0.15, 0.2) is 0 Å². The molecule has 0 radical (unpaired) electrons. The molecular formula is C14H18N4O2. The van der Waals surface area contributed by atoms with Gasteiger partial charge in [-0.3, -0.25) is 9.69 Å². The molecule has 3 N–H and O–H groups in total. The van der Waals surface area contributed by atoms with Gasteiger partial charge in [-0.15, -0.1) is 0 Å². The zero-order chi connectivity index (χ0) is 14.4. The maximum atomic E-state index is 12.0. The molecule has 1 aliphatic rings. The highest BCUT2D eigenvalue weighted by Crippen LogP contribution is 2.10. The number of amides is 1. The van der Waals surface area contributed by atoms with E-state index >= 15 is 0 Å². The Balaban J connectivity index is 1.87. The normalized spacial score (nSPS) is 19.3. The van der Waals surface area contributed by atoms with Crippen molar-refractivity contribution in [2.45, 2.75) is 6.10 Å². The van der Waals surface area contributed by atoms with Crippen LogP contribution in [0.2, 0.25) is 0 Å². The van der Waals surface area contributed by atoms with Crippen molar-refractivity contribution in [2.75, 3.05) is 38.1 Å². The lowest BCUT2D eigenvalue weighted by atomic mass is 10.2. The van der Waals surface area contributed by atoms with E-state index in [1.165, 1.54) is 0 Å². The minimum atomic E-state index is -0.0993. The summed E-state index contributed by atoms with van der Waals surface area (Å²) in [5.41, 5.74) is 6.73.